The average Bonchev–Trinajstić information content (AvgIpc) is 2.86. The normalized spacial score (nSPS) is 15.2. The zero-order valence-corrected chi connectivity index (χ0v) is 23.3. The minimum absolute atomic E-state index is 0.0458. The smallest absolute Gasteiger partial charge is 0.225 e. The number of hydrogen-bond donors (Lipinski definition) is 1. The maximum Gasteiger partial charge on any atom is 0.225 e. The second kappa shape index (κ2) is 15.0. The Labute approximate surface area is 218 Å². The number of aromatic nitrogens is 1. The molecule has 1 atom stereocenters. The van der Waals surface area contributed by atoms with E-state index >= 15 is 0 Å². The summed E-state index contributed by atoms with van der Waals surface area (Å²) in [5, 5.41) is 2.92. The highest BCUT2D eigenvalue weighted by Gasteiger charge is 2.18. The van der Waals surface area contributed by atoms with Crippen LogP contribution in [0, 0.1) is 17.8 Å². The summed E-state index contributed by atoms with van der Waals surface area (Å²) in [5.41, 5.74) is 7.90. The van der Waals surface area contributed by atoms with Gasteiger partial charge >= 0.3 is 0 Å². The Hall–Kier alpha value is -3.19. The summed E-state index contributed by atoms with van der Waals surface area (Å²) >= 11 is 0. The maximum absolute atomic E-state index is 11.8. The summed E-state index contributed by atoms with van der Waals surface area (Å²) in [4.78, 5) is 21.8. The van der Waals surface area contributed by atoms with Gasteiger partial charge in [-0.25, -0.2) is 4.98 Å². The molecule has 4 nitrogen and oxygen atoms in total. The van der Waals surface area contributed by atoms with Gasteiger partial charge in [-0.3, -0.25) is 9.79 Å². The molecule has 1 unspecified atom stereocenters. The Morgan fingerprint density at radius 1 is 1.17 bits per heavy atom. The summed E-state index contributed by atoms with van der Waals surface area (Å²) in [5.74, 6) is 7.43. The average molecular weight is 486 g/mol. The molecule has 1 N–H and O–H groups in total. The molecule has 1 aliphatic heterocycles. The van der Waals surface area contributed by atoms with Gasteiger partial charge in [-0.1, -0.05) is 62.6 Å². The number of anilines is 1. The van der Waals surface area contributed by atoms with Gasteiger partial charge in [0.2, 0.25) is 5.91 Å². The number of pyridine rings is 1. The van der Waals surface area contributed by atoms with Crippen LogP contribution in [0.15, 0.2) is 63.8 Å². The van der Waals surface area contributed by atoms with Gasteiger partial charge in [0.1, 0.15) is 5.82 Å². The molecule has 1 amide bonds. The highest BCUT2D eigenvalue weighted by atomic mass is 16.1. The predicted molar refractivity (Wildman–Crippen MR) is 154 cm³/mol. The fourth-order valence-corrected chi connectivity index (χ4v) is 4.05. The molecule has 4 heteroatoms. The monoisotopic (exact) mass is 485 g/mol. The van der Waals surface area contributed by atoms with Crippen molar-refractivity contribution in [3.63, 3.8) is 0 Å². The zero-order valence-electron chi connectivity index (χ0n) is 23.3. The van der Waals surface area contributed by atoms with E-state index in [0.29, 0.717) is 12.3 Å². The zero-order chi connectivity index (χ0) is 26.5. The Morgan fingerprint density at radius 3 is 2.61 bits per heavy atom. The minimum Gasteiger partial charge on any atom is -0.310 e. The van der Waals surface area contributed by atoms with Gasteiger partial charge in [0, 0.05) is 30.7 Å². The lowest BCUT2D eigenvalue weighted by Gasteiger charge is -2.19. The Balaban J connectivity index is 2.39. The molecular formula is C32H43N3O. The van der Waals surface area contributed by atoms with Crippen LogP contribution >= 0.6 is 0 Å². The van der Waals surface area contributed by atoms with Crippen molar-refractivity contribution in [3.05, 3.63) is 70.1 Å². The van der Waals surface area contributed by atoms with Crippen LogP contribution in [0.3, 0.4) is 0 Å². The van der Waals surface area contributed by atoms with Gasteiger partial charge < -0.3 is 5.32 Å². The Kier molecular flexibility index (Phi) is 12.1. The van der Waals surface area contributed by atoms with E-state index in [4.69, 9.17) is 9.98 Å². The maximum atomic E-state index is 11.8. The van der Waals surface area contributed by atoms with Crippen LogP contribution in [0.2, 0.25) is 0 Å². The van der Waals surface area contributed by atoms with Crippen LogP contribution in [-0.2, 0) is 17.6 Å². The van der Waals surface area contributed by atoms with E-state index in [-0.39, 0.29) is 5.91 Å². The predicted octanol–water partition coefficient (Wildman–Crippen LogP) is 7.93. The molecule has 1 aromatic rings. The second-order valence-electron chi connectivity index (χ2n) is 9.52. The van der Waals surface area contributed by atoms with E-state index < -0.39 is 0 Å². The fraction of sp³-hybridized carbons (Fsp3) is 0.469. The first kappa shape index (κ1) is 29.0. The third-order valence-electron chi connectivity index (χ3n) is 6.37. The molecule has 0 saturated heterocycles. The lowest BCUT2D eigenvalue weighted by atomic mass is 9.91. The van der Waals surface area contributed by atoms with Crippen LogP contribution in [0.25, 0.3) is 0 Å². The van der Waals surface area contributed by atoms with E-state index in [9.17, 15) is 4.79 Å². The van der Waals surface area contributed by atoms with Gasteiger partial charge in [0.25, 0.3) is 0 Å². The van der Waals surface area contributed by atoms with E-state index in [1.807, 2.05) is 6.92 Å². The molecule has 0 radical (unpaired) electrons. The first-order valence-electron chi connectivity index (χ1n) is 13.3. The van der Waals surface area contributed by atoms with Crippen molar-refractivity contribution >= 4 is 17.4 Å². The molecule has 1 aromatic heterocycles. The molecule has 1 aliphatic rings. The molecule has 2 heterocycles. The third-order valence-corrected chi connectivity index (χ3v) is 6.37. The van der Waals surface area contributed by atoms with Crippen LogP contribution in [0.4, 0.5) is 5.82 Å². The van der Waals surface area contributed by atoms with Crippen molar-refractivity contribution in [2.24, 2.45) is 10.9 Å². The van der Waals surface area contributed by atoms with E-state index in [2.05, 4.69) is 95.1 Å². The summed E-state index contributed by atoms with van der Waals surface area (Å²) < 4.78 is 0. The first-order chi connectivity index (χ1) is 17.3. The van der Waals surface area contributed by atoms with Crippen LogP contribution < -0.4 is 5.32 Å². The highest BCUT2D eigenvalue weighted by Crippen LogP contribution is 2.25. The number of carbonyl (C=O) groups is 1. The highest BCUT2D eigenvalue weighted by molar-refractivity contribution is 6.05. The number of aryl methyl sites for hydroxylation is 2. The van der Waals surface area contributed by atoms with E-state index in [0.717, 1.165) is 67.0 Å². The van der Waals surface area contributed by atoms with Gasteiger partial charge in [-0.15, -0.1) is 5.92 Å². The Bertz CT molecular complexity index is 1130. The van der Waals surface area contributed by atoms with Gasteiger partial charge in [0.15, 0.2) is 0 Å². The molecule has 36 heavy (non-hydrogen) atoms. The summed E-state index contributed by atoms with van der Waals surface area (Å²) in [6, 6.07) is 4.18. The van der Waals surface area contributed by atoms with Crippen molar-refractivity contribution in [1.82, 2.24) is 4.98 Å². The molecule has 0 fully saturated rings. The number of nitrogens with one attached hydrogen (secondary N) is 1. The largest absolute Gasteiger partial charge is 0.310 e. The minimum atomic E-state index is 0.0458. The van der Waals surface area contributed by atoms with Crippen molar-refractivity contribution in [1.29, 1.82) is 0 Å². The molecule has 0 aliphatic carbocycles. The van der Waals surface area contributed by atoms with Crippen LogP contribution in [0.5, 0.6) is 0 Å². The lowest BCUT2D eigenvalue weighted by Crippen LogP contribution is -2.20. The third kappa shape index (κ3) is 8.79. The molecule has 2 rings (SSSR count). The second-order valence-corrected chi connectivity index (χ2v) is 9.52. The van der Waals surface area contributed by atoms with Crippen LogP contribution in [-0.4, -0.2) is 16.6 Å². The number of hydrogen-bond acceptors (Lipinski definition) is 3. The number of allylic oxidation sites excluding steroid dienone is 8. The van der Waals surface area contributed by atoms with Gasteiger partial charge in [-0.05, 0) is 82.1 Å². The number of carbonyl (C=O) groups excluding carboxylic acids is 1. The van der Waals surface area contributed by atoms with E-state index in [1.54, 1.807) is 0 Å². The number of fused-ring (bicyclic) bond motifs is 1. The number of aliphatic imine (C=N–C) groups is 1. The SMILES string of the molecule is C\C=C/C(C)=C(/C=C\CC#CCC)C(=NC(CCc1ccc2c(n1)NC(=O)CC2)=C(C)C)C(C)CC. The van der Waals surface area contributed by atoms with Gasteiger partial charge in [0.05, 0.1) is 5.71 Å². The molecule has 0 bridgehead atoms. The first-order valence-corrected chi connectivity index (χ1v) is 13.3. The van der Waals surface area contributed by atoms with Crippen LogP contribution in [0.1, 0.15) is 91.8 Å². The topological polar surface area (TPSA) is 54.4 Å². The summed E-state index contributed by atoms with van der Waals surface area (Å²) in [6.45, 7) is 15.0. The van der Waals surface area contributed by atoms with Crippen molar-refractivity contribution in [3.8, 4) is 11.8 Å². The van der Waals surface area contributed by atoms with Crippen molar-refractivity contribution < 1.29 is 4.79 Å². The fourth-order valence-electron chi connectivity index (χ4n) is 4.05. The number of rotatable bonds is 10. The van der Waals surface area contributed by atoms with Gasteiger partial charge in [-0.2, -0.15) is 0 Å². The van der Waals surface area contributed by atoms with E-state index in [1.165, 1.54) is 16.7 Å². The quantitative estimate of drug-likeness (QED) is 0.208. The summed E-state index contributed by atoms with van der Waals surface area (Å²) in [6.07, 6.45) is 14.1. The Morgan fingerprint density at radius 2 is 1.94 bits per heavy atom. The molecule has 0 aromatic carbocycles. The molecule has 192 valence electrons. The van der Waals surface area contributed by atoms with Crippen molar-refractivity contribution in [2.45, 2.75) is 93.4 Å². The molecule has 0 spiro atoms. The lowest BCUT2D eigenvalue weighted by molar-refractivity contribution is -0.116. The standard InChI is InChI=1S/C32H43N3O/c1-8-11-12-13-14-16-28(25(7)15-9-2)31(24(6)10-3)34-29(23(4)5)21-20-27-19-17-26-18-22-30(36)35-32(26)33-27/h9,14-17,19,24H,8,10,13,18,20-22H2,1-7H3,(H,33,35,36)/b15-9-,16-14-,28-25-,34-31?. The summed E-state index contributed by atoms with van der Waals surface area (Å²) in [7, 11) is 0. The number of nitrogens with zero attached hydrogens (tertiary/aromatic N) is 2. The van der Waals surface area contributed by atoms with Crippen molar-refractivity contribution in [2.75, 3.05) is 5.32 Å². The molecule has 0 saturated carbocycles. The molecular weight excluding hydrogens is 442 g/mol. The number of amides is 1.